The molecule has 0 saturated carbocycles. The van der Waals surface area contributed by atoms with E-state index in [4.69, 9.17) is 23.2 Å². The lowest BCUT2D eigenvalue weighted by Crippen LogP contribution is -2.36. The average Bonchev–Trinajstić information content (AvgIpc) is 2.88. The molecule has 9 heteroatoms. The van der Waals surface area contributed by atoms with E-state index in [0.717, 1.165) is 4.90 Å². The Labute approximate surface area is 168 Å². The number of aromatic hydroxyl groups is 1. The zero-order valence-electron chi connectivity index (χ0n) is 13.6. The molecule has 1 aliphatic rings. The zero-order chi connectivity index (χ0) is 19.6. The standard InChI is InChI=1S/C18H12Cl2N2O4S/c19-12-6-10(7-13(20)16(12)24)8-14-17(25)22(18(26)27-14)9-15(23)21-11-4-2-1-3-5-11/h1-8,24H,9H2,(H,21,23)/b14-8-. The second-order valence-corrected chi connectivity index (χ2v) is 7.32. The molecule has 0 aliphatic carbocycles. The molecule has 0 bridgehead atoms. The third kappa shape index (κ3) is 4.44. The number of phenols is 1. The number of hydrogen-bond acceptors (Lipinski definition) is 5. The van der Waals surface area contributed by atoms with E-state index in [1.54, 1.807) is 30.3 Å². The Bertz CT molecular complexity index is 940. The van der Waals surface area contributed by atoms with Crippen molar-refractivity contribution >= 4 is 63.8 Å². The highest BCUT2D eigenvalue weighted by Crippen LogP contribution is 2.36. The highest BCUT2D eigenvalue weighted by molar-refractivity contribution is 8.18. The Balaban J connectivity index is 1.74. The fraction of sp³-hybridized carbons (Fsp3) is 0.0556. The van der Waals surface area contributed by atoms with Crippen LogP contribution in [0.25, 0.3) is 6.08 Å². The molecule has 0 radical (unpaired) electrons. The molecule has 6 nitrogen and oxygen atoms in total. The number of carbonyl (C=O) groups excluding carboxylic acids is 3. The van der Waals surface area contributed by atoms with E-state index in [9.17, 15) is 19.5 Å². The van der Waals surface area contributed by atoms with Gasteiger partial charge in [0.1, 0.15) is 6.54 Å². The van der Waals surface area contributed by atoms with Gasteiger partial charge < -0.3 is 10.4 Å². The van der Waals surface area contributed by atoms with Gasteiger partial charge in [-0.15, -0.1) is 0 Å². The number of hydrogen-bond donors (Lipinski definition) is 2. The summed E-state index contributed by atoms with van der Waals surface area (Å²) in [5.41, 5.74) is 1.01. The second-order valence-electron chi connectivity index (χ2n) is 5.52. The van der Waals surface area contributed by atoms with Crippen molar-refractivity contribution in [3.05, 3.63) is 63.0 Å². The average molecular weight is 423 g/mol. The molecule has 27 heavy (non-hydrogen) atoms. The Hall–Kier alpha value is -2.48. The van der Waals surface area contributed by atoms with Gasteiger partial charge in [0.25, 0.3) is 11.1 Å². The fourth-order valence-corrected chi connectivity index (χ4v) is 3.66. The summed E-state index contributed by atoms with van der Waals surface area (Å²) in [6.07, 6.45) is 1.43. The van der Waals surface area contributed by atoms with Gasteiger partial charge in [0.05, 0.1) is 15.0 Å². The van der Waals surface area contributed by atoms with E-state index in [2.05, 4.69) is 5.32 Å². The molecular formula is C18H12Cl2N2O4S. The first kappa shape index (κ1) is 19.3. The Morgan fingerprint density at radius 2 is 1.78 bits per heavy atom. The minimum absolute atomic E-state index is 0.0233. The molecule has 3 rings (SSSR count). The molecule has 0 aromatic heterocycles. The van der Waals surface area contributed by atoms with Crippen molar-refractivity contribution in [2.45, 2.75) is 0 Å². The van der Waals surface area contributed by atoms with E-state index in [1.165, 1.54) is 18.2 Å². The van der Waals surface area contributed by atoms with E-state index < -0.39 is 23.6 Å². The van der Waals surface area contributed by atoms with Gasteiger partial charge in [-0.25, -0.2) is 0 Å². The van der Waals surface area contributed by atoms with Crippen LogP contribution in [0, 0.1) is 0 Å². The molecule has 138 valence electrons. The lowest BCUT2D eigenvalue weighted by atomic mass is 10.2. The second kappa shape index (κ2) is 8.04. The van der Waals surface area contributed by atoms with E-state index in [0.29, 0.717) is 23.0 Å². The van der Waals surface area contributed by atoms with Crippen LogP contribution in [-0.4, -0.2) is 33.6 Å². The number of nitrogens with one attached hydrogen (secondary N) is 1. The third-order valence-corrected chi connectivity index (χ3v) is 5.05. The minimum Gasteiger partial charge on any atom is -0.505 e. The van der Waals surface area contributed by atoms with Crippen molar-refractivity contribution in [2.75, 3.05) is 11.9 Å². The number of phenolic OH excluding ortho intramolecular Hbond substituents is 1. The maximum Gasteiger partial charge on any atom is 0.294 e. The number of benzene rings is 2. The van der Waals surface area contributed by atoms with Crippen LogP contribution in [0.5, 0.6) is 5.75 Å². The number of halogens is 2. The minimum atomic E-state index is -0.589. The number of amides is 3. The maximum absolute atomic E-state index is 12.5. The predicted octanol–water partition coefficient (Wildman–Crippen LogP) is 4.37. The fourth-order valence-electron chi connectivity index (χ4n) is 2.32. The molecule has 2 N–H and O–H groups in total. The van der Waals surface area contributed by atoms with Crippen molar-refractivity contribution < 1.29 is 19.5 Å². The molecule has 2 aromatic rings. The molecule has 1 fully saturated rings. The molecule has 0 unspecified atom stereocenters. The molecule has 0 atom stereocenters. The number of carbonyl (C=O) groups is 3. The Kier molecular flexibility index (Phi) is 5.74. The lowest BCUT2D eigenvalue weighted by Gasteiger charge is -2.12. The highest BCUT2D eigenvalue weighted by Gasteiger charge is 2.36. The molecule has 1 aliphatic heterocycles. The monoisotopic (exact) mass is 422 g/mol. The van der Waals surface area contributed by atoms with Crippen LogP contribution in [0.3, 0.4) is 0 Å². The number of rotatable bonds is 4. The smallest absolute Gasteiger partial charge is 0.294 e. The van der Waals surface area contributed by atoms with Gasteiger partial charge in [-0.05, 0) is 47.7 Å². The molecule has 2 aromatic carbocycles. The zero-order valence-corrected chi connectivity index (χ0v) is 15.9. The normalized spacial score (nSPS) is 15.5. The summed E-state index contributed by atoms with van der Waals surface area (Å²) in [6, 6.07) is 11.5. The molecular weight excluding hydrogens is 411 g/mol. The first-order chi connectivity index (χ1) is 12.8. The Morgan fingerprint density at radius 3 is 2.41 bits per heavy atom. The summed E-state index contributed by atoms with van der Waals surface area (Å²) in [4.78, 5) is 37.7. The summed E-state index contributed by atoms with van der Waals surface area (Å²) in [7, 11) is 0. The maximum atomic E-state index is 12.5. The number of imide groups is 1. The van der Waals surface area contributed by atoms with Crippen LogP contribution < -0.4 is 5.32 Å². The summed E-state index contributed by atoms with van der Waals surface area (Å²) < 4.78 is 0. The number of para-hydroxylation sites is 1. The van der Waals surface area contributed by atoms with Gasteiger partial charge >= 0.3 is 0 Å². The summed E-state index contributed by atoms with van der Waals surface area (Å²) in [5, 5.41) is 11.7. The van der Waals surface area contributed by atoms with Gasteiger partial charge in [0.15, 0.2) is 5.75 Å². The van der Waals surface area contributed by atoms with Crippen LogP contribution >= 0.6 is 35.0 Å². The van der Waals surface area contributed by atoms with Crippen molar-refractivity contribution in [1.82, 2.24) is 4.90 Å². The SMILES string of the molecule is O=C(CN1C(=O)S/C(=C\c2cc(Cl)c(O)c(Cl)c2)C1=O)Nc1ccccc1. The molecule has 1 saturated heterocycles. The Morgan fingerprint density at radius 1 is 1.15 bits per heavy atom. The van der Waals surface area contributed by atoms with E-state index in [1.807, 2.05) is 0 Å². The van der Waals surface area contributed by atoms with Crippen LogP contribution in [0.2, 0.25) is 10.0 Å². The van der Waals surface area contributed by atoms with Crippen molar-refractivity contribution in [2.24, 2.45) is 0 Å². The van der Waals surface area contributed by atoms with Gasteiger partial charge in [-0.2, -0.15) is 0 Å². The first-order valence-electron chi connectivity index (χ1n) is 7.63. The largest absolute Gasteiger partial charge is 0.505 e. The first-order valence-corrected chi connectivity index (χ1v) is 9.20. The van der Waals surface area contributed by atoms with Gasteiger partial charge in [0.2, 0.25) is 5.91 Å². The van der Waals surface area contributed by atoms with E-state index in [-0.39, 0.29) is 20.7 Å². The lowest BCUT2D eigenvalue weighted by molar-refractivity contribution is -0.127. The highest BCUT2D eigenvalue weighted by atomic mass is 35.5. The van der Waals surface area contributed by atoms with Crippen LogP contribution in [0.15, 0.2) is 47.4 Å². The quantitative estimate of drug-likeness (QED) is 0.714. The van der Waals surface area contributed by atoms with Crippen LogP contribution in [0.4, 0.5) is 10.5 Å². The predicted molar refractivity (Wildman–Crippen MR) is 106 cm³/mol. The third-order valence-electron chi connectivity index (χ3n) is 3.57. The van der Waals surface area contributed by atoms with Crippen molar-refractivity contribution in [3.63, 3.8) is 0 Å². The van der Waals surface area contributed by atoms with Crippen molar-refractivity contribution in [3.8, 4) is 5.75 Å². The molecule has 1 heterocycles. The van der Waals surface area contributed by atoms with Gasteiger partial charge in [-0.1, -0.05) is 41.4 Å². The van der Waals surface area contributed by atoms with Gasteiger partial charge in [0, 0.05) is 5.69 Å². The topological polar surface area (TPSA) is 86.7 Å². The van der Waals surface area contributed by atoms with Crippen molar-refractivity contribution in [1.29, 1.82) is 0 Å². The van der Waals surface area contributed by atoms with E-state index >= 15 is 0 Å². The van der Waals surface area contributed by atoms with Crippen LogP contribution in [0.1, 0.15) is 5.56 Å². The number of anilines is 1. The molecule has 0 spiro atoms. The van der Waals surface area contributed by atoms with Gasteiger partial charge in [-0.3, -0.25) is 19.3 Å². The number of nitrogens with zero attached hydrogens (tertiary/aromatic N) is 1. The molecule has 3 amide bonds. The van der Waals surface area contributed by atoms with Crippen LogP contribution in [-0.2, 0) is 9.59 Å². The summed E-state index contributed by atoms with van der Waals surface area (Å²) in [5.74, 6) is -1.34. The summed E-state index contributed by atoms with van der Waals surface area (Å²) in [6.45, 7) is -0.395. The number of thioether (sulfide) groups is 1. The summed E-state index contributed by atoms with van der Waals surface area (Å²) >= 11 is 12.4.